The molecule has 49 heavy (non-hydrogen) atoms. The maximum absolute atomic E-state index is 12.2. The molecule has 0 aliphatic rings. The summed E-state index contributed by atoms with van der Waals surface area (Å²) >= 11 is 0. The Kier molecular flexibility index (Phi) is 12.0. The summed E-state index contributed by atoms with van der Waals surface area (Å²) in [5, 5.41) is 63.7. The van der Waals surface area contributed by atoms with Gasteiger partial charge in [0.25, 0.3) is 20.2 Å². The predicted molar refractivity (Wildman–Crippen MR) is 170 cm³/mol. The summed E-state index contributed by atoms with van der Waals surface area (Å²) in [5.74, 6) is -4.98. The summed E-state index contributed by atoms with van der Waals surface area (Å²) in [6.07, 6.45) is 2.26. The fraction of sp³-hybridized carbons (Fsp3) is 0.0667. The summed E-state index contributed by atoms with van der Waals surface area (Å²) < 4.78 is 68.7. The first-order chi connectivity index (χ1) is 22.3. The fourth-order valence-electron chi connectivity index (χ4n) is 4.61. The Labute approximate surface area is 300 Å². The molecule has 0 atom stereocenters. The predicted octanol–water partition coefficient (Wildman–Crippen LogP) is 0.797. The van der Waals surface area contributed by atoms with Gasteiger partial charge in [-0.1, -0.05) is 24.3 Å². The van der Waals surface area contributed by atoms with Crippen molar-refractivity contribution in [3.63, 3.8) is 0 Å². The molecule has 16 nitrogen and oxygen atoms in total. The van der Waals surface area contributed by atoms with E-state index in [-0.39, 0.29) is 76.3 Å². The summed E-state index contributed by atoms with van der Waals surface area (Å²) in [6, 6.07) is 10.8. The van der Waals surface area contributed by atoms with Crippen LogP contribution in [0.3, 0.4) is 0 Å². The van der Waals surface area contributed by atoms with E-state index in [9.17, 15) is 66.2 Å². The molecule has 0 saturated carbocycles. The normalized spacial score (nSPS) is 11.6. The first kappa shape index (κ1) is 38.6. The van der Waals surface area contributed by atoms with Gasteiger partial charge in [0.1, 0.15) is 32.8 Å². The summed E-state index contributed by atoms with van der Waals surface area (Å²) in [7, 11) is -9.79. The zero-order chi connectivity index (χ0) is 35.6. The Hall–Kier alpha value is -4.82. The van der Waals surface area contributed by atoms with Crippen LogP contribution in [-0.4, -0.2) is 68.5 Å². The SMILES string of the molecule is O=C(O)c1cc(O)cc(O)c1CNc1ccc(/C=C\c2ccc(NCc3c(O)cc(O)cc3C(=O)O)cc2S(=O)(=O)O)c(S(=O)(=O)O)c1.[Na+]. The molecule has 0 unspecified atom stereocenters. The summed E-state index contributed by atoms with van der Waals surface area (Å²) in [6.45, 7) is -0.675. The molecule has 0 aliphatic carbocycles. The van der Waals surface area contributed by atoms with E-state index >= 15 is 0 Å². The number of rotatable bonds is 12. The molecular weight excluding hydrogens is 699 g/mol. The molecule has 0 amide bonds. The number of hydrogen-bond donors (Lipinski definition) is 10. The zero-order valence-electron chi connectivity index (χ0n) is 25.2. The van der Waals surface area contributed by atoms with E-state index in [1.54, 1.807) is 0 Å². The molecule has 0 fully saturated rings. The van der Waals surface area contributed by atoms with Crippen LogP contribution in [0, 0.1) is 0 Å². The van der Waals surface area contributed by atoms with Crippen molar-refractivity contribution in [1.29, 1.82) is 0 Å². The standard InChI is InChI=1S/C30H26N2O14S2.Na/c33-19-9-21(29(37)38)23(25(35)11-19)13-31-17-5-3-15(27(7-17)47(41,42)43)1-2-16-4-6-18(8-28(16)48(44,45)46)32-14-24-22(30(39)40)10-20(34)12-26(24)36;/h1-12,31-36H,13-14H2,(H,37,38)(H,39,40)(H,41,42,43)(H,44,45,46);/q;+1/b2-1-;. The minimum atomic E-state index is -4.90. The monoisotopic (exact) mass is 725 g/mol. The van der Waals surface area contributed by atoms with E-state index < -0.39 is 76.1 Å². The molecule has 4 rings (SSSR count). The Morgan fingerprint density at radius 2 is 0.939 bits per heavy atom. The van der Waals surface area contributed by atoms with Crippen LogP contribution in [0.5, 0.6) is 23.0 Å². The molecule has 252 valence electrons. The maximum Gasteiger partial charge on any atom is 1.00 e. The minimum Gasteiger partial charge on any atom is -0.508 e. The van der Waals surface area contributed by atoms with Crippen LogP contribution in [0.2, 0.25) is 0 Å². The summed E-state index contributed by atoms with van der Waals surface area (Å²) in [4.78, 5) is 21.8. The molecule has 0 aromatic heterocycles. The van der Waals surface area contributed by atoms with E-state index in [4.69, 9.17) is 0 Å². The number of phenolic OH excluding ortho intramolecular Hbond substituents is 4. The van der Waals surface area contributed by atoms with Crippen molar-refractivity contribution in [1.82, 2.24) is 0 Å². The molecule has 0 bridgehead atoms. The third-order valence-electron chi connectivity index (χ3n) is 6.85. The Bertz CT molecular complexity index is 2050. The van der Waals surface area contributed by atoms with Gasteiger partial charge in [-0.05, 0) is 47.5 Å². The van der Waals surface area contributed by atoms with E-state index in [1.807, 2.05) is 0 Å². The largest absolute Gasteiger partial charge is 1.00 e. The van der Waals surface area contributed by atoms with Gasteiger partial charge in [-0.2, -0.15) is 16.8 Å². The minimum absolute atomic E-state index is 0. The van der Waals surface area contributed by atoms with Crippen LogP contribution in [0.1, 0.15) is 43.0 Å². The topological polar surface area (TPSA) is 288 Å². The average Bonchev–Trinajstić information content (AvgIpc) is 2.97. The van der Waals surface area contributed by atoms with Gasteiger partial charge in [0.15, 0.2) is 0 Å². The van der Waals surface area contributed by atoms with E-state index in [0.29, 0.717) is 0 Å². The van der Waals surface area contributed by atoms with Crippen molar-refractivity contribution < 1.29 is 95.7 Å². The number of anilines is 2. The van der Waals surface area contributed by atoms with Gasteiger partial charge >= 0.3 is 41.5 Å². The van der Waals surface area contributed by atoms with Crippen LogP contribution in [0.4, 0.5) is 11.4 Å². The number of phenols is 4. The fourth-order valence-corrected chi connectivity index (χ4v) is 6.03. The molecule has 10 N–H and O–H groups in total. The van der Waals surface area contributed by atoms with Gasteiger partial charge in [-0.15, -0.1) is 0 Å². The molecule has 0 saturated heterocycles. The van der Waals surface area contributed by atoms with Crippen molar-refractivity contribution in [2.45, 2.75) is 22.9 Å². The van der Waals surface area contributed by atoms with Gasteiger partial charge < -0.3 is 41.3 Å². The quantitative estimate of drug-likeness (QED) is 0.0549. The van der Waals surface area contributed by atoms with Crippen LogP contribution in [0.25, 0.3) is 12.2 Å². The van der Waals surface area contributed by atoms with Crippen LogP contribution >= 0.6 is 0 Å². The van der Waals surface area contributed by atoms with Gasteiger partial charge in [-0.3, -0.25) is 9.11 Å². The number of carboxylic acid groups (broad SMARTS) is 2. The number of hydrogen-bond acceptors (Lipinski definition) is 12. The number of carbonyl (C=O) groups is 2. The van der Waals surface area contributed by atoms with Crippen molar-refractivity contribution in [2.75, 3.05) is 10.6 Å². The molecule has 19 heteroatoms. The zero-order valence-corrected chi connectivity index (χ0v) is 28.8. The first-order valence-corrected chi connectivity index (χ1v) is 16.2. The third kappa shape index (κ3) is 9.42. The van der Waals surface area contributed by atoms with Crippen molar-refractivity contribution in [3.05, 3.63) is 94.0 Å². The van der Waals surface area contributed by atoms with Crippen LogP contribution < -0.4 is 40.2 Å². The number of nitrogens with one attached hydrogen (secondary N) is 2. The van der Waals surface area contributed by atoms with Crippen molar-refractivity contribution >= 4 is 55.7 Å². The maximum atomic E-state index is 12.2. The molecule has 4 aromatic rings. The number of aromatic hydroxyl groups is 4. The third-order valence-corrected chi connectivity index (χ3v) is 8.67. The average molecular weight is 726 g/mol. The van der Waals surface area contributed by atoms with Crippen molar-refractivity contribution in [3.8, 4) is 23.0 Å². The molecule has 4 aromatic carbocycles. The number of aromatic carboxylic acids is 2. The summed E-state index contributed by atoms with van der Waals surface area (Å²) in [5.41, 5.74) is -1.25. The Morgan fingerprint density at radius 3 is 1.24 bits per heavy atom. The molecular formula is C30H26N2NaO14S2+. The number of carboxylic acids is 2. The molecule has 0 aliphatic heterocycles. The van der Waals surface area contributed by atoms with E-state index in [1.165, 1.54) is 24.3 Å². The van der Waals surface area contributed by atoms with Crippen molar-refractivity contribution in [2.24, 2.45) is 0 Å². The Balaban J connectivity index is 0.00000650. The van der Waals surface area contributed by atoms with Gasteiger partial charge in [0.05, 0.1) is 11.1 Å². The van der Waals surface area contributed by atoms with E-state index in [0.717, 1.165) is 48.6 Å². The van der Waals surface area contributed by atoms with Crippen LogP contribution in [-0.2, 0) is 33.3 Å². The second kappa shape index (κ2) is 15.2. The van der Waals surface area contributed by atoms with Crippen LogP contribution in [0.15, 0.2) is 70.5 Å². The first-order valence-electron chi connectivity index (χ1n) is 13.3. The van der Waals surface area contributed by atoms with Gasteiger partial charge in [-0.25, -0.2) is 9.59 Å². The van der Waals surface area contributed by atoms with E-state index in [2.05, 4.69) is 10.6 Å². The van der Waals surface area contributed by atoms with Gasteiger partial charge in [0.2, 0.25) is 0 Å². The molecule has 0 radical (unpaired) electrons. The second-order valence-corrected chi connectivity index (χ2v) is 12.9. The second-order valence-electron chi connectivity index (χ2n) is 10.1. The smallest absolute Gasteiger partial charge is 0.508 e. The van der Waals surface area contributed by atoms with Gasteiger partial charge in [0, 0.05) is 47.7 Å². The Morgan fingerprint density at radius 1 is 0.592 bits per heavy atom. The molecule has 0 heterocycles. The molecule has 0 spiro atoms. The number of benzene rings is 4.